The molecular weight excluding hydrogens is 389 g/mol. The summed E-state index contributed by atoms with van der Waals surface area (Å²) in [6.45, 7) is 9.86. The normalized spacial score (nSPS) is 12.6. The number of hydrogen-bond donors (Lipinski definition) is 1. The number of halogens is 1. The number of carbonyl (C=O) groups excluding carboxylic acids is 1. The topological polar surface area (TPSA) is 68.0 Å². The molecule has 1 amide bonds. The number of hydrogen-bond acceptors (Lipinski definition) is 5. The van der Waals surface area contributed by atoms with Crippen LogP contribution in [0.3, 0.4) is 0 Å². The molecule has 1 unspecified atom stereocenters. The fourth-order valence-corrected chi connectivity index (χ4v) is 3.29. The Hall–Kier alpha value is -2.67. The van der Waals surface area contributed by atoms with Gasteiger partial charge in [-0.05, 0) is 54.7 Å². The van der Waals surface area contributed by atoms with Gasteiger partial charge >= 0.3 is 0 Å². The van der Waals surface area contributed by atoms with E-state index >= 15 is 0 Å². The van der Waals surface area contributed by atoms with E-state index in [2.05, 4.69) is 36.3 Å². The molecule has 0 radical (unpaired) electrons. The molecule has 29 heavy (non-hydrogen) atoms. The van der Waals surface area contributed by atoms with E-state index < -0.39 is 5.25 Å². The Labute approximate surface area is 174 Å². The molecule has 0 saturated heterocycles. The lowest BCUT2D eigenvalue weighted by molar-refractivity contribution is -0.115. The summed E-state index contributed by atoms with van der Waals surface area (Å²) >= 11 is 1.16. The van der Waals surface area contributed by atoms with Crippen molar-refractivity contribution in [3.05, 3.63) is 59.4 Å². The van der Waals surface area contributed by atoms with Crippen LogP contribution in [0.2, 0.25) is 0 Å². The van der Waals surface area contributed by atoms with Gasteiger partial charge in [-0.25, -0.2) is 4.39 Å². The van der Waals surface area contributed by atoms with Gasteiger partial charge in [0.25, 0.3) is 5.22 Å². The van der Waals surface area contributed by atoms with Crippen LogP contribution >= 0.6 is 11.8 Å². The summed E-state index contributed by atoms with van der Waals surface area (Å²) in [5.41, 5.74) is 3.05. The molecule has 7 heteroatoms. The van der Waals surface area contributed by atoms with Crippen molar-refractivity contribution < 1.29 is 13.6 Å². The van der Waals surface area contributed by atoms with Gasteiger partial charge < -0.3 is 9.73 Å². The van der Waals surface area contributed by atoms with Crippen molar-refractivity contribution in [2.75, 3.05) is 5.32 Å². The number of amides is 1. The van der Waals surface area contributed by atoms with E-state index in [0.717, 1.165) is 17.3 Å². The monoisotopic (exact) mass is 413 g/mol. The van der Waals surface area contributed by atoms with Crippen molar-refractivity contribution in [3.8, 4) is 11.5 Å². The number of rotatable bonds is 5. The van der Waals surface area contributed by atoms with Gasteiger partial charge in [0.05, 0.1) is 5.25 Å². The van der Waals surface area contributed by atoms with E-state index in [0.29, 0.717) is 22.4 Å². The van der Waals surface area contributed by atoms with E-state index in [4.69, 9.17) is 4.42 Å². The molecular formula is C22H24FN3O2S. The van der Waals surface area contributed by atoms with Crippen molar-refractivity contribution in [2.45, 2.75) is 50.5 Å². The lowest BCUT2D eigenvalue weighted by Crippen LogP contribution is -2.22. The van der Waals surface area contributed by atoms with Crippen molar-refractivity contribution in [1.82, 2.24) is 10.2 Å². The van der Waals surface area contributed by atoms with Gasteiger partial charge in [-0.15, -0.1) is 10.2 Å². The van der Waals surface area contributed by atoms with E-state index in [1.54, 1.807) is 26.0 Å². The highest BCUT2D eigenvalue weighted by atomic mass is 32.2. The van der Waals surface area contributed by atoms with Gasteiger partial charge in [0.1, 0.15) is 5.82 Å². The Bertz CT molecular complexity index is 1010. The largest absolute Gasteiger partial charge is 0.411 e. The number of anilines is 1. The number of carbonyl (C=O) groups is 1. The summed E-state index contributed by atoms with van der Waals surface area (Å²) < 4.78 is 19.3. The summed E-state index contributed by atoms with van der Waals surface area (Å²) in [4.78, 5) is 12.4. The zero-order valence-electron chi connectivity index (χ0n) is 17.1. The summed E-state index contributed by atoms with van der Waals surface area (Å²) in [6, 6.07) is 12.6. The lowest BCUT2D eigenvalue weighted by atomic mass is 9.87. The summed E-state index contributed by atoms with van der Waals surface area (Å²) in [6.07, 6.45) is 0. The maximum Gasteiger partial charge on any atom is 0.277 e. The number of benzene rings is 2. The van der Waals surface area contributed by atoms with E-state index in [9.17, 15) is 9.18 Å². The second-order valence-corrected chi connectivity index (χ2v) is 9.21. The molecule has 152 valence electrons. The van der Waals surface area contributed by atoms with Crippen LogP contribution in [-0.2, 0) is 10.2 Å². The lowest BCUT2D eigenvalue weighted by Gasteiger charge is -2.18. The number of aryl methyl sites for hydroxylation is 1. The Morgan fingerprint density at radius 2 is 1.83 bits per heavy atom. The third kappa shape index (κ3) is 5.23. The quantitative estimate of drug-likeness (QED) is 0.551. The van der Waals surface area contributed by atoms with Crippen LogP contribution in [0, 0.1) is 12.7 Å². The maximum atomic E-state index is 13.6. The van der Waals surface area contributed by atoms with Crippen LogP contribution in [0.5, 0.6) is 0 Å². The minimum atomic E-state index is -0.490. The van der Waals surface area contributed by atoms with Gasteiger partial charge in [0, 0.05) is 11.3 Å². The van der Waals surface area contributed by atoms with Gasteiger partial charge in [0.2, 0.25) is 11.8 Å². The summed E-state index contributed by atoms with van der Waals surface area (Å²) in [5.74, 6) is -0.226. The Morgan fingerprint density at radius 3 is 2.45 bits per heavy atom. The molecule has 0 aliphatic rings. The van der Waals surface area contributed by atoms with Crippen LogP contribution in [-0.4, -0.2) is 21.4 Å². The second-order valence-electron chi connectivity index (χ2n) is 7.91. The first kappa shape index (κ1) is 21.0. The molecule has 0 aliphatic heterocycles. The molecule has 3 rings (SSSR count). The van der Waals surface area contributed by atoms with Crippen molar-refractivity contribution in [1.29, 1.82) is 0 Å². The van der Waals surface area contributed by atoms with Gasteiger partial charge in [0.15, 0.2) is 0 Å². The summed E-state index contributed by atoms with van der Waals surface area (Å²) in [5, 5.41) is 10.6. The molecule has 5 nitrogen and oxygen atoms in total. The molecule has 1 N–H and O–H groups in total. The predicted molar refractivity (Wildman–Crippen MR) is 114 cm³/mol. The molecule has 3 aromatic rings. The van der Waals surface area contributed by atoms with Crippen LogP contribution in [0.25, 0.3) is 11.5 Å². The molecule has 1 aromatic heterocycles. The fraction of sp³-hybridized carbons (Fsp3) is 0.318. The minimum Gasteiger partial charge on any atom is -0.411 e. The molecule has 1 atom stereocenters. The number of thioether (sulfide) groups is 1. The Morgan fingerprint density at radius 1 is 1.14 bits per heavy atom. The Balaban J connectivity index is 1.64. The SMILES string of the molecule is Cc1ccc(NC(=O)C(C)Sc2nnc(-c3ccc(C(C)(C)C)cc3)o2)cc1F. The number of nitrogens with one attached hydrogen (secondary N) is 1. The minimum absolute atomic E-state index is 0.0670. The number of aromatic nitrogens is 2. The molecule has 0 bridgehead atoms. The Kier molecular flexibility index (Phi) is 6.07. The van der Waals surface area contributed by atoms with Crippen LogP contribution in [0.15, 0.2) is 52.1 Å². The maximum absolute atomic E-state index is 13.6. The highest BCUT2D eigenvalue weighted by Gasteiger charge is 2.20. The first-order valence-electron chi connectivity index (χ1n) is 9.31. The average Bonchev–Trinajstić information content (AvgIpc) is 3.12. The highest BCUT2D eigenvalue weighted by Crippen LogP contribution is 2.29. The van der Waals surface area contributed by atoms with E-state index in [1.807, 2.05) is 24.3 Å². The molecule has 1 heterocycles. The van der Waals surface area contributed by atoms with Crippen LogP contribution < -0.4 is 5.32 Å². The van der Waals surface area contributed by atoms with Crippen molar-refractivity contribution >= 4 is 23.4 Å². The zero-order chi connectivity index (χ0) is 21.2. The molecule has 0 spiro atoms. The van der Waals surface area contributed by atoms with Gasteiger partial charge in [-0.3, -0.25) is 4.79 Å². The molecule has 0 fully saturated rings. The van der Waals surface area contributed by atoms with Crippen molar-refractivity contribution in [2.24, 2.45) is 0 Å². The molecule has 2 aromatic carbocycles. The highest BCUT2D eigenvalue weighted by molar-refractivity contribution is 8.00. The van der Waals surface area contributed by atoms with E-state index in [1.165, 1.54) is 11.6 Å². The first-order chi connectivity index (χ1) is 13.6. The van der Waals surface area contributed by atoms with Gasteiger partial charge in [-0.2, -0.15) is 0 Å². The van der Waals surface area contributed by atoms with Crippen LogP contribution in [0.1, 0.15) is 38.8 Å². The van der Waals surface area contributed by atoms with Crippen molar-refractivity contribution in [3.63, 3.8) is 0 Å². The molecule has 0 aliphatic carbocycles. The second kappa shape index (κ2) is 8.37. The third-order valence-corrected chi connectivity index (χ3v) is 5.42. The summed E-state index contributed by atoms with van der Waals surface area (Å²) in [7, 11) is 0. The smallest absolute Gasteiger partial charge is 0.277 e. The van der Waals surface area contributed by atoms with E-state index in [-0.39, 0.29) is 17.1 Å². The third-order valence-electron chi connectivity index (χ3n) is 4.49. The zero-order valence-corrected chi connectivity index (χ0v) is 17.9. The van der Waals surface area contributed by atoms with Crippen LogP contribution in [0.4, 0.5) is 10.1 Å². The standard InChI is InChI=1S/C22H24FN3O2S/c1-13-6-11-17(12-18(13)23)24-19(27)14(2)29-21-26-25-20(28-21)15-7-9-16(10-8-15)22(3,4)5/h6-12,14H,1-5H3,(H,24,27). The average molecular weight is 414 g/mol. The predicted octanol–water partition coefficient (Wildman–Crippen LogP) is 5.60. The number of nitrogens with zero attached hydrogens (tertiary/aromatic N) is 2. The first-order valence-corrected chi connectivity index (χ1v) is 10.2. The molecule has 0 saturated carbocycles. The van der Waals surface area contributed by atoms with Gasteiger partial charge in [-0.1, -0.05) is 50.7 Å². The fourth-order valence-electron chi connectivity index (χ4n) is 2.61.